The lowest BCUT2D eigenvalue weighted by atomic mass is 9.92. The van der Waals surface area contributed by atoms with Gasteiger partial charge in [-0.05, 0) is 50.3 Å². The van der Waals surface area contributed by atoms with Gasteiger partial charge in [-0.15, -0.1) is 0 Å². The standard InChI is InChI=1S/C21H23FN4O3/c1-21(15-8-10-16(22)11-9-15)19(28)26(20(29)24-21)13-18(27)23-17-7-5-4-6-14(17)12-25(2)3/h4-11H,12-13H2,1-3H3,(H,23,27)(H,24,29). The smallest absolute Gasteiger partial charge is 0.324 e. The van der Waals surface area contributed by atoms with Gasteiger partial charge in [0.1, 0.15) is 17.9 Å². The maximum atomic E-state index is 13.2. The monoisotopic (exact) mass is 398 g/mol. The lowest BCUT2D eigenvalue weighted by molar-refractivity contribution is -0.133. The van der Waals surface area contributed by atoms with Crippen LogP contribution in [-0.2, 0) is 21.7 Å². The van der Waals surface area contributed by atoms with Crippen LogP contribution in [0.25, 0.3) is 0 Å². The first kappa shape index (κ1) is 20.5. The molecule has 1 aliphatic heterocycles. The van der Waals surface area contributed by atoms with E-state index in [1.165, 1.54) is 31.2 Å². The highest BCUT2D eigenvalue weighted by molar-refractivity contribution is 6.10. The molecule has 2 aromatic carbocycles. The number of imide groups is 1. The third kappa shape index (κ3) is 4.27. The van der Waals surface area contributed by atoms with Crippen molar-refractivity contribution in [3.63, 3.8) is 0 Å². The summed E-state index contributed by atoms with van der Waals surface area (Å²) < 4.78 is 13.2. The van der Waals surface area contributed by atoms with Crippen LogP contribution in [0.5, 0.6) is 0 Å². The van der Waals surface area contributed by atoms with E-state index in [0.29, 0.717) is 17.8 Å². The number of benzene rings is 2. The normalized spacial score (nSPS) is 18.9. The predicted octanol–water partition coefficient (Wildman–Crippen LogP) is 2.29. The molecule has 8 heteroatoms. The molecular weight excluding hydrogens is 375 g/mol. The molecule has 2 aromatic rings. The van der Waals surface area contributed by atoms with Crippen molar-refractivity contribution in [1.82, 2.24) is 15.1 Å². The Balaban J connectivity index is 1.74. The number of carbonyl (C=O) groups excluding carboxylic acids is 3. The number of carbonyl (C=O) groups is 3. The number of halogens is 1. The molecule has 0 aromatic heterocycles. The fraction of sp³-hybridized carbons (Fsp3) is 0.286. The van der Waals surface area contributed by atoms with Gasteiger partial charge in [-0.25, -0.2) is 9.18 Å². The molecule has 1 heterocycles. The first-order chi connectivity index (χ1) is 13.7. The van der Waals surface area contributed by atoms with Gasteiger partial charge in [0.15, 0.2) is 0 Å². The minimum Gasteiger partial charge on any atom is -0.324 e. The fourth-order valence-electron chi connectivity index (χ4n) is 3.27. The Bertz CT molecular complexity index is 945. The molecule has 3 rings (SSSR count). The van der Waals surface area contributed by atoms with Gasteiger partial charge in [-0.1, -0.05) is 30.3 Å². The van der Waals surface area contributed by atoms with Gasteiger partial charge in [0.05, 0.1) is 0 Å². The molecule has 1 unspecified atom stereocenters. The van der Waals surface area contributed by atoms with Crippen molar-refractivity contribution in [2.24, 2.45) is 0 Å². The number of hydrogen-bond donors (Lipinski definition) is 2. The van der Waals surface area contributed by atoms with Gasteiger partial charge in [0.25, 0.3) is 5.91 Å². The summed E-state index contributed by atoms with van der Waals surface area (Å²) in [6, 6.07) is 12.0. The van der Waals surface area contributed by atoms with Crippen molar-refractivity contribution >= 4 is 23.5 Å². The van der Waals surface area contributed by atoms with E-state index in [1.54, 1.807) is 12.1 Å². The molecule has 4 amide bonds. The van der Waals surface area contributed by atoms with Crippen LogP contribution in [-0.4, -0.2) is 48.3 Å². The van der Waals surface area contributed by atoms with Crippen LogP contribution in [0.1, 0.15) is 18.1 Å². The van der Waals surface area contributed by atoms with E-state index in [9.17, 15) is 18.8 Å². The second-order valence-electron chi connectivity index (χ2n) is 7.40. The predicted molar refractivity (Wildman–Crippen MR) is 106 cm³/mol. The summed E-state index contributed by atoms with van der Waals surface area (Å²) in [7, 11) is 3.84. The van der Waals surface area contributed by atoms with Gasteiger partial charge in [0.2, 0.25) is 5.91 Å². The molecular formula is C21H23FN4O3. The topological polar surface area (TPSA) is 81.8 Å². The van der Waals surface area contributed by atoms with Crippen molar-refractivity contribution < 1.29 is 18.8 Å². The number of nitrogens with one attached hydrogen (secondary N) is 2. The lowest BCUT2D eigenvalue weighted by Crippen LogP contribution is -2.42. The van der Waals surface area contributed by atoms with Gasteiger partial charge < -0.3 is 15.5 Å². The van der Waals surface area contributed by atoms with E-state index in [1.807, 2.05) is 31.1 Å². The molecule has 1 aliphatic rings. The molecule has 1 saturated heterocycles. The molecule has 0 aliphatic carbocycles. The SMILES string of the molecule is CN(C)Cc1ccccc1NC(=O)CN1C(=O)NC(C)(c2ccc(F)cc2)C1=O. The Labute approximate surface area is 168 Å². The molecule has 0 saturated carbocycles. The van der Waals surface area contributed by atoms with Crippen molar-refractivity contribution in [1.29, 1.82) is 0 Å². The molecule has 0 radical (unpaired) electrons. The summed E-state index contributed by atoms with van der Waals surface area (Å²) in [5.41, 5.74) is 0.628. The average Bonchev–Trinajstić information content (AvgIpc) is 2.87. The Kier molecular flexibility index (Phi) is 5.65. The maximum Gasteiger partial charge on any atom is 0.325 e. The van der Waals surface area contributed by atoms with Crippen LogP contribution in [0.2, 0.25) is 0 Å². The van der Waals surface area contributed by atoms with Crippen molar-refractivity contribution in [3.05, 3.63) is 65.5 Å². The van der Waals surface area contributed by atoms with Crippen LogP contribution in [0.3, 0.4) is 0 Å². The highest BCUT2D eigenvalue weighted by Crippen LogP contribution is 2.29. The third-order valence-corrected chi connectivity index (χ3v) is 4.78. The molecule has 7 nitrogen and oxygen atoms in total. The van der Waals surface area contributed by atoms with Crippen molar-refractivity contribution in [2.75, 3.05) is 26.0 Å². The molecule has 2 N–H and O–H groups in total. The van der Waals surface area contributed by atoms with Crippen LogP contribution in [0, 0.1) is 5.82 Å². The second kappa shape index (κ2) is 8.00. The van der Waals surface area contributed by atoms with E-state index >= 15 is 0 Å². The second-order valence-corrected chi connectivity index (χ2v) is 7.40. The highest BCUT2D eigenvalue weighted by Gasteiger charge is 2.49. The van der Waals surface area contributed by atoms with Crippen LogP contribution >= 0.6 is 0 Å². The first-order valence-corrected chi connectivity index (χ1v) is 9.13. The van der Waals surface area contributed by atoms with Gasteiger partial charge >= 0.3 is 6.03 Å². The van der Waals surface area contributed by atoms with E-state index in [4.69, 9.17) is 0 Å². The molecule has 29 heavy (non-hydrogen) atoms. The van der Waals surface area contributed by atoms with E-state index in [0.717, 1.165) is 10.5 Å². The average molecular weight is 398 g/mol. The number of hydrogen-bond acceptors (Lipinski definition) is 4. The van der Waals surface area contributed by atoms with Crippen LogP contribution < -0.4 is 10.6 Å². The third-order valence-electron chi connectivity index (χ3n) is 4.78. The zero-order valence-corrected chi connectivity index (χ0v) is 16.5. The van der Waals surface area contributed by atoms with Gasteiger partial charge in [-0.2, -0.15) is 0 Å². The molecule has 152 valence electrons. The number of urea groups is 1. The number of anilines is 1. The van der Waals surface area contributed by atoms with E-state index in [2.05, 4.69) is 10.6 Å². The number of amides is 4. The largest absolute Gasteiger partial charge is 0.325 e. The minimum atomic E-state index is -1.35. The fourth-order valence-corrected chi connectivity index (χ4v) is 3.27. The zero-order valence-electron chi connectivity index (χ0n) is 16.5. The summed E-state index contributed by atoms with van der Waals surface area (Å²) >= 11 is 0. The Morgan fingerprint density at radius 1 is 1.14 bits per heavy atom. The van der Waals surface area contributed by atoms with Gasteiger partial charge in [0, 0.05) is 12.2 Å². The maximum absolute atomic E-state index is 13.2. The Hall–Kier alpha value is -3.26. The summed E-state index contributed by atoms with van der Waals surface area (Å²) in [6.07, 6.45) is 0. The summed E-state index contributed by atoms with van der Waals surface area (Å²) in [6.45, 7) is 1.74. The van der Waals surface area contributed by atoms with E-state index in [-0.39, 0.29) is 0 Å². The Morgan fingerprint density at radius 2 is 1.79 bits per heavy atom. The summed E-state index contributed by atoms with van der Waals surface area (Å²) in [5.74, 6) is -1.49. The summed E-state index contributed by atoms with van der Waals surface area (Å²) in [4.78, 5) is 40.6. The Morgan fingerprint density at radius 3 is 2.45 bits per heavy atom. The molecule has 0 spiro atoms. The minimum absolute atomic E-state index is 0.419. The number of para-hydroxylation sites is 1. The summed E-state index contributed by atoms with van der Waals surface area (Å²) in [5, 5.41) is 5.37. The molecule has 0 bridgehead atoms. The number of rotatable bonds is 6. The van der Waals surface area contributed by atoms with E-state index < -0.39 is 35.7 Å². The lowest BCUT2D eigenvalue weighted by Gasteiger charge is -2.22. The van der Waals surface area contributed by atoms with Crippen molar-refractivity contribution in [3.8, 4) is 0 Å². The number of nitrogens with zero attached hydrogens (tertiary/aromatic N) is 2. The molecule has 1 atom stereocenters. The van der Waals surface area contributed by atoms with Crippen molar-refractivity contribution in [2.45, 2.75) is 19.0 Å². The highest BCUT2D eigenvalue weighted by atomic mass is 19.1. The van der Waals surface area contributed by atoms with Crippen LogP contribution in [0.15, 0.2) is 48.5 Å². The first-order valence-electron chi connectivity index (χ1n) is 9.13. The van der Waals surface area contributed by atoms with Gasteiger partial charge in [-0.3, -0.25) is 14.5 Å². The zero-order chi connectivity index (χ0) is 21.2. The quantitative estimate of drug-likeness (QED) is 0.732. The van der Waals surface area contributed by atoms with Crippen LogP contribution in [0.4, 0.5) is 14.9 Å². The molecule has 1 fully saturated rings.